The normalized spacial score (nSPS) is 13.7. The number of nitrogens with zero attached hydrogens (tertiary/aromatic N) is 1. The number of rotatable bonds is 8. The first kappa shape index (κ1) is 22.0. The van der Waals surface area contributed by atoms with E-state index in [1.807, 2.05) is 72.8 Å². The molecule has 0 aromatic heterocycles. The highest BCUT2D eigenvalue weighted by molar-refractivity contribution is 6.09. The topological polar surface area (TPSA) is 46.6 Å². The molecule has 0 unspecified atom stereocenters. The van der Waals surface area contributed by atoms with Gasteiger partial charge in [-0.2, -0.15) is 0 Å². The van der Waals surface area contributed by atoms with Gasteiger partial charge in [0, 0.05) is 41.9 Å². The number of anilines is 1. The zero-order valence-electron chi connectivity index (χ0n) is 18.5. The van der Waals surface area contributed by atoms with Gasteiger partial charge in [-0.25, -0.2) is 0 Å². The lowest BCUT2D eigenvalue weighted by Crippen LogP contribution is -2.36. The second-order valence-corrected chi connectivity index (χ2v) is 8.22. The van der Waals surface area contributed by atoms with Crippen molar-refractivity contribution in [3.05, 3.63) is 101 Å². The van der Waals surface area contributed by atoms with Gasteiger partial charge in [0.1, 0.15) is 0 Å². The molecule has 0 amide bonds. The van der Waals surface area contributed by atoms with Gasteiger partial charge in [-0.15, -0.1) is 0 Å². The number of morpholine rings is 1. The summed E-state index contributed by atoms with van der Waals surface area (Å²) in [5.74, 6) is 0.0775. The quantitative estimate of drug-likeness (QED) is 0.468. The smallest absolute Gasteiger partial charge is 0.193 e. The Morgan fingerprint density at radius 3 is 1.84 bits per heavy atom. The van der Waals surface area contributed by atoms with Gasteiger partial charge in [0.15, 0.2) is 11.6 Å². The molecule has 0 radical (unpaired) electrons. The lowest BCUT2D eigenvalue weighted by molar-refractivity contribution is 0.0992. The Morgan fingerprint density at radius 2 is 1.28 bits per heavy atom. The van der Waals surface area contributed by atoms with Gasteiger partial charge in [-0.05, 0) is 41.8 Å². The number of Topliss-reactive ketones (excluding diaryl/α,β-unsaturated/α-hetero) is 1. The summed E-state index contributed by atoms with van der Waals surface area (Å²) in [6.45, 7) is 5.38. The molecule has 1 heterocycles. The van der Waals surface area contributed by atoms with E-state index in [0.29, 0.717) is 23.1 Å². The maximum absolute atomic E-state index is 12.8. The van der Waals surface area contributed by atoms with Crippen molar-refractivity contribution in [2.45, 2.75) is 26.2 Å². The van der Waals surface area contributed by atoms with E-state index in [4.69, 9.17) is 4.74 Å². The van der Waals surface area contributed by atoms with Crippen molar-refractivity contribution in [1.82, 2.24) is 0 Å². The van der Waals surface area contributed by atoms with Crippen LogP contribution in [0.3, 0.4) is 0 Å². The molecule has 3 aromatic rings. The van der Waals surface area contributed by atoms with Gasteiger partial charge in [0.2, 0.25) is 0 Å². The monoisotopic (exact) mass is 427 g/mol. The SMILES string of the molecule is CCCc1ccc(C(=O)c2ccc(CC(=O)c3ccc(N4CCOCC4)cc3)cc2)cc1. The molecule has 1 aliphatic heterocycles. The maximum atomic E-state index is 12.8. The molecule has 1 fully saturated rings. The zero-order valence-corrected chi connectivity index (χ0v) is 18.5. The summed E-state index contributed by atoms with van der Waals surface area (Å²) in [4.78, 5) is 27.7. The van der Waals surface area contributed by atoms with Gasteiger partial charge < -0.3 is 9.64 Å². The van der Waals surface area contributed by atoms with E-state index in [-0.39, 0.29) is 11.6 Å². The summed E-state index contributed by atoms with van der Waals surface area (Å²) in [5.41, 5.74) is 5.30. The molecule has 0 bridgehead atoms. The van der Waals surface area contributed by atoms with Crippen LogP contribution in [-0.4, -0.2) is 37.9 Å². The lowest BCUT2D eigenvalue weighted by Gasteiger charge is -2.28. The van der Waals surface area contributed by atoms with Gasteiger partial charge in [0.05, 0.1) is 13.2 Å². The van der Waals surface area contributed by atoms with Crippen LogP contribution in [0.1, 0.15) is 50.8 Å². The number of hydrogen-bond acceptors (Lipinski definition) is 4. The van der Waals surface area contributed by atoms with E-state index in [9.17, 15) is 9.59 Å². The highest BCUT2D eigenvalue weighted by atomic mass is 16.5. The predicted molar refractivity (Wildman–Crippen MR) is 128 cm³/mol. The standard InChI is InChI=1S/C28H29NO3/c1-2-3-21-4-8-24(9-5-21)28(31)25-10-6-22(7-11-25)20-27(30)23-12-14-26(15-13-23)29-16-18-32-19-17-29/h4-15H,2-3,16-20H2,1H3. The molecular formula is C28H29NO3. The van der Waals surface area contributed by atoms with Gasteiger partial charge >= 0.3 is 0 Å². The number of hydrogen-bond donors (Lipinski definition) is 0. The van der Waals surface area contributed by atoms with Gasteiger partial charge in [-0.1, -0.05) is 61.9 Å². The molecule has 0 saturated carbocycles. The Morgan fingerprint density at radius 1 is 0.750 bits per heavy atom. The first-order chi connectivity index (χ1) is 15.6. The Labute approximate surface area is 189 Å². The third-order valence-electron chi connectivity index (χ3n) is 5.90. The minimum Gasteiger partial charge on any atom is -0.378 e. The molecule has 32 heavy (non-hydrogen) atoms. The minimum atomic E-state index is 0.00428. The number of ether oxygens (including phenoxy) is 1. The van der Waals surface area contributed by atoms with Crippen molar-refractivity contribution >= 4 is 17.3 Å². The van der Waals surface area contributed by atoms with Crippen LogP contribution in [0.2, 0.25) is 0 Å². The average molecular weight is 428 g/mol. The summed E-state index contributed by atoms with van der Waals surface area (Å²) in [6, 6.07) is 23.0. The highest BCUT2D eigenvalue weighted by Gasteiger charge is 2.13. The van der Waals surface area contributed by atoms with Crippen molar-refractivity contribution in [1.29, 1.82) is 0 Å². The molecule has 0 N–H and O–H groups in total. The maximum Gasteiger partial charge on any atom is 0.193 e. The Bertz CT molecular complexity index is 1050. The first-order valence-corrected chi connectivity index (χ1v) is 11.3. The van der Waals surface area contributed by atoms with Crippen molar-refractivity contribution < 1.29 is 14.3 Å². The van der Waals surface area contributed by atoms with E-state index >= 15 is 0 Å². The van der Waals surface area contributed by atoms with E-state index in [1.165, 1.54) is 5.56 Å². The number of benzene rings is 3. The van der Waals surface area contributed by atoms with Crippen LogP contribution in [0.25, 0.3) is 0 Å². The van der Waals surface area contributed by atoms with Crippen molar-refractivity contribution in [3.8, 4) is 0 Å². The van der Waals surface area contributed by atoms with Crippen LogP contribution >= 0.6 is 0 Å². The molecule has 0 spiro atoms. The minimum absolute atomic E-state index is 0.00428. The molecule has 1 aliphatic rings. The van der Waals surface area contributed by atoms with Crippen LogP contribution in [0.4, 0.5) is 5.69 Å². The second kappa shape index (κ2) is 10.4. The third kappa shape index (κ3) is 5.32. The lowest BCUT2D eigenvalue weighted by atomic mass is 9.98. The Kier molecular flexibility index (Phi) is 7.13. The summed E-state index contributed by atoms with van der Waals surface area (Å²) in [5, 5.41) is 0. The van der Waals surface area contributed by atoms with Crippen LogP contribution in [0, 0.1) is 0 Å². The fourth-order valence-corrected chi connectivity index (χ4v) is 4.02. The summed E-state index contributed by atoms with van der Waals surface area (Å²) >= 11 is 0. The number of ketones is 2. The summed E-state index contributed by atoms with van der Waals surface area (Å²) in [7, 11) is 0. The van der Waals surface area contributed by atoms with Crippen LogP contribution in [0.15, 0.2) is 72.8 Å². The molecule has 3 aromatic carbocycles. The molecule has 0 aliphatic carbocycles. The van der Waals surface area contributed by atoms with Gasteiger partial charge in [0.25, 0.3) is 0 Å². The van der Waals surface area contributed by atoms with Gasteiger partial charge in [-0.3, -0.25) is 9.59 Å². The third-order valence-corrected chi connectivity index (χ3v) is 5.90. The number of aryl methyl sites for hydroxylation is 1. The van der Waals surface area contributed by atoms with E-state index in [1.54, 1.807) is 0 Å². The fourth-order valence-electron chi connectivity index (χ4n) is 4.02. The fraction of sp³-hybridized carbons (Fsp3) is 0.286. The zero-order chi connectivity index (χ0) is 22.3. The second-order valence-electron chi connectivity index (χ2n) is 8.22. The molecule has 1 saturated heterocycles. The number of carbonyl (C=O) groups excluding carboxylic acids is 2. The molecule has 4 rings (SSSR count). The predicted octanol–water partition coefficient (Wildman–Crippen LogP) is 5.13. The van der Waals surface area contributed by atoms with Crippen molar-refractivity contribution in [2.75, 3.05) is 31.2 Å². The molecule has 4 nitrogen and oxygen atoms in total. The van der Waals surface area contributed by atoms with E-state index in [0.717, 1.165) is 50.4 Å². The molecule has 4 heteroatoms. The summed E-state index contributed by atoms with van der Waals surface area (Å²) < 4.78 is 5.39. The first-order valence-electron chi connectivity index (χ1n) is 11.3. The largest absolute Gasteiger partial charge is 0.378 e. The summed E-state index contributed by atoms with van der Waals surface area (Å²) in [6.07, 6.45) is 2.43. The Balaban J connectivity index is 1.37. The van der Waals surface area contributed by atoms with E-state index in [2.05, 4.69) is 11.8 Å². The Hall–Kier alpha value is -3.24. The van der Waals surface area contributed by atoms with Crippen LogP contribution in [-0.2, 0) is 17.6 Å². The highest BCUT2D eigenvalue weighted by Crippen LogP contribution is 2.19. The average Bonchev–Trinajstić information content (AvgIpc) is 2.85. The van der Waals surface area contributed by atoms with E-state index < -0.39 is 0 Å². The van der Waals surface area contributed by atoms with Crippen molar-refractivity contribution in [3.63, 3.8) is 0 Å². The molecular weight excluding hydrogens is 398 g/mol. The number of carbonyl (C=O) groups is 2. The molecule has 164 valence electrons. The van der Waals surface area contributed by atoms with Crippen molar-refractivity contribution in [2.24, 2.45) is 0 Å². The molecule has 0 atom stereocenters. The van der Waals surface area contributed by atoms with Crippen LogP contribution in [0.5, 0.6) is 0 Å². The van der Waals surface area contributed by atoms with Crippen LogP contribution < -0.4 is 4.90 Å².